The summed E-state index contributed by atoms with van der Waals surface area (Å²) in [5.74, 6) is 1.86. The Morgan fingerprint density at radius 3 is 2.57 bits per heavy atom. The van der Waals surface area contributed by atoms with Crippen LogP contribution in [0, 0.1) is 5.92 Å². The van der Waals surface area contributed by atoms with Crippen molar-refractivity contribution in [2.24, 2.45) is 11.7 Å². The summed E-state index contributed by atoms with van der Waals surface area (Å²) in [6.45, 7) is 0. The largest absolute Gasteiger partial charge is 0.327 e. The van der Waals surface area contributed by atoms with Gasteiger partial charge in [0.25, 0.3) is 0 Å². The zero-order valence-electron chi connectivity index (χ0n) is 8.36. The first-order valence-electron chi connectivity index (χ1n) is 5.29. The van der Waals surface area contributed by atoms with Crippen molar-refractivity contribution in [2.75, 3.05) is 5.75 Å². The van der Waals surface area contributed by atoms with E-state index in [2.05, 4.69) is 30.3 Å². The van der Waals surface area contributed by atoms with E-state index in [1.165, 1.54) is 24.2 Å². The van der Waals surface area contributed by atoms with E-state index in [4.69, 9.17) is 5.73 Å². The molecule has 1 atom stereocenters. The second-order valence-corrected chi connectivity index (χ2v) is 5.07. The lowest BCUT2D eigenvalue weighted by Gasteiger charge is -2.30. The minimum Gasteiger partial charge on any atom is -0.327 e. The van der Waals surface area contributed by atoms with Gasteiger partial charge >= 0.3 is 0 Å². The maximum Gasteiger partial charge on any atom is 0.0162 e. The fraction of sp³-hybridized carbons (Fsp3) is 0.500. The monoisotopic (exact) mass is 207 g/mol. The molecule has 0 bridgehead atoms. The molecule has 2 N–H and O–H groups in total. The van der Waals surface area contributed by atoms with Gasteiger partial charge in [-0.2, -0.15) is 0 Å². The summed E-state index contributed by atoms with van der Waals surface area (Å²) < 4.78 is 0. The lowest BCUT2D eigenvalue weighted by atomic mass is 9.81. The molecular weight excluding hydrogens is 190 g/mol. The predicted molar refractivity (Wildman–Crippen MR) is 62.5 cm³/mol. The average molecular weight is 207 g/mol. The minimum atomic E-state index is 0.397. The molecule has 0 aromatic heterocycles. The van der Waals surface area contributed by atoms with Crippen LogP contribution < -0.4 is 5.73 Å². The molecule has 0 spiro atoms. The predicted octanol–water partition coefficient (Wildman–Crippen LogP) is 2.91. The molecule has 2 heteroatoms. The van der Waals surface area contributed by atoms with Crippen molar-refractivity contribution in [1.29, 1.82) is 0 Å². The van der Waals surface area contributed by atoms with Gasteiger partial charge in [0.2, 0.25) is 0 Å². The van der Waals surface area contributed by atoms with Crippen LogP contribution in [0.1, 0.15) is 19.3 Å². The molecule has 0 heterocycles. The quantitative estimate of drug-likeness (QED) is 0.768. The summed E-state index contributed by atoms with van der Waals surface area (Å²) in [4.78, 5) is 1.34. The number of hydrogen-bond acceptors (Lipinski definition) is 2. The molecule has 1 fully saturated rings. The van der Waals surface area contributed by atoms with Gasteiger partial charge in [-0.3, -0.25) is 0 Å². The van der Waals surface area contributed by atoms with Gasteiger partial charge in [-0.25, -0.2) is 0 Å². The van der Waals surface area contributed by atoms with Crippen LogP contribution in [-0.2, 0) is 0 Å². The van der Waals surface area contributed by atoms with Gasteiger partial charge in [0.05, 0.1) is 0 Å². The molecule has 1 unspecified atom stereocenters. The zero-order chi connectivity index (χ0) is 9.80. The molecule has 0 amide bonds. The molecule has 1 nitrogen and oxygen atoms in total. The number of rotatable bonds is 4. The highest BCUT2D eigenvalue weighted by Crippen LogP contribution is 2.31. The summed E-state index contributed by atoms with van der Waals surface area (Å²) in [6.07, 6.45) is 4.07. The third kappa shape index (κ3) is 2.52. The third-order valence-electron chi connectivity index (χ3n) is 2.94. The van der Waals surface area contributed by atoms with Crippen molar-refractivity contribution in [3.05, 3.63) is 30.3 Å². The Kier molecular flexibility index (Phi) is 3.49. The first kappa shape index (κ1) is 10.1. The van der Waals surface area contributed by atoms with Crippen LogP contribution >= 0.6 is 11.8 Å². The van der Waals surface area contributed by atoms with E-state index in [0.717, 1.165) is 11.7 Å². The first-order chi connectivity index (χ1) is 6.86. The molecule has 1 aliphatic carbocycles. The van der Waals surface area contributed by atoms with Crippen LogP contribution in [0.25, 0.3) is 0 Å². The Bertz CT molecular complexity index is 269. The van der Waals surface area contributed by atoms with Crippen LogP contribution in [0.3, 0.4) is 0 Å². The van der Waals surface area contributed by atoms with E-state index in [9.17, 15) is 0 Å². The van der Waals surface area contributed by atoms with Crippen molar-refractivity contribution in [2.45, 2.75) is 30.2 Å². The van der Waals surface area contributed by atoms with E-state index >= 15 is 0 Å². The van der Waals surface area contributed by atoms with Crippen LogP contribution in [0.5, 0.6) is 0 Å². The van der Waals surface area contributed by atoms with Gasteiger partial charge in [-0.05, 0) is 30.9 Å². The molecule has 1 saturated carbocycles. The molecular formula is C12H17NS. The highest BCUT2D eigenvalue weighted by Gasteiger charge is 2.23. The summed E-state index contributed by atoms with van der Waals surface area (Å²) in [5, 5.41) is 0. The van der Waals surface area contributed by atoms with E-state index in [-0.39, 0.29) is 0 Å². The standard InChI is InChI=1S/C12H17NS/c13-12(10-5-4-6-10)9-14-11-7-2-1-3-8-11/h1-3,7-8,10,12H,4-6,9,13H2. The molecule has 14 heavy (non-hydrogen) atoms. The van der Waals surface area contributed by atoms with Gasteiger partial charge in [0.1, 0.15) is 0 Å². The summed E-state index contributed by atoms with van der Waals surface area (Å²) in [6, 6.07) is 10.9. The topological polar surface area (TPSA) is 26.0 Å². The fourth-order valence-electron chi connectivity index (χ4n) is 1.71. The summed E-state index contributed by atoms with van der Waals surface area (Å²) in [7, 11) is 0. The minimum absolute atomic E-state index is 0.397. The number of hydrogen-bond donors (Lipinski definition) is 1. The maximum atomic E-state index is 6.11. The first-order valence-corrected chi connectivity index (χ1v) is 6.28. The second kappa shape index (κ2) is 4.85. The number of benzene rings is 1. The molecule has 1 aliphatic rings. The molecule has 76 valence electrons. The van der Waals surface area contributed by atoms with E-state index in [1.807, 2.05) is 11.8 Å². The Hall–Kier alpha value is -0.470. The number of thioether (sulfide) groups is 1. The highest BCUT2D eigenvalue weighted by atomic mass is 32.2. The molecule has 2 rings (SSSR count). The molecule has 1 aromatic carbocycles. The van der Waals surface area contributed by atoms with Crippen LogP contribution in [0.4, 0.5) is 0 Å². The number of nitrogens with two attached hydrogens (primary N) is 1. The highest BCUT2D eigenvalue weighted by molar-refractivity contribution is 7.99. The Balaban J connectivity index is 1.76. The maximum absolute atomic E-state index is 6.11. The van der Waals surface area contributed by atoms with E-state index in [1.54, 1.807) is 0 Å². The fourth-order valence-corrected chi connectivity index (χ4v) is 2.72. The molecule has 0 aliphatic heterocycles. The van der Waals surface area contributed by atoms with Crippen LogP contribution in [0.15, 0.2) is 35.2 Å². The Labute approximate surface area is 90.1 Å². The average Bonchev–Trinajstić information content (AvgIpc) is 2.14. The van der Waals surface area contributed by atoms with Gasteiger partial charge in [0.15, 0.2) is 0 Å². The van der Waals surface area contributed by atoms with Crippen molar-refractivity contribution >= 4 is 11.8 Å². The zero-order valence-corrected chi connectivity index (χ0v) is 9.17. The molecule has 1 aromatic rings. The van der Waals surface area contributed by atoms with Gasteiger partial charge < -0.3 is 5.73 Å². The normalized spacial score (nSPS) is 18.9. The van der Waals surface area contributed by atoms with Crippen LogP contribution in [0.2, 0.25) is 0 Å². The SMILES string of the molecule is NC(CSc1ccccc1)C1CCC1. The molecule has 0 saturated heterocycles. The lowest BCUT2D eigenvalue weighted by Crippen LogP contribution is -2.36. The molecule has 0 radical (unpaired) electrons. The van der Waals surface area contributed by atoms with Gasteiger partial charge in [-0.1, -0.05) is 24.6 Å². The Morgan fingerprint density at radius 1 is 1.29 bits per heavy atom. The Morgan fingerprint density at radius 2 is 2.00 bits per heavy atom. The van der Waals surface area contributed by atoms with Crippen molar-refractivity contribution in [3.8, 4) is 0 Å². The summed E-state index contributed by atoms with van der Waals surface area (Å²) in [5.41, 5.74) is 6.11. The second-order valence-electron chi connectivity index (χ2n) is 3.98. The third-order valence-corrected chi connectivity index (χ3v) is 4.10. The van der Waals surface area contributed by atoms with Crippen LogP contribution in [-0.4, -0.2) is 11.8 Å². The van der Waals surface area contributed by atoms with Crippen molar-refractivity contribution in [3.63, 3.8) is 0 Å². The van der Waals surface area contributed by atoms with E-state index < -0.39 is 0 Å². The van der Waals surface area contributed by atoms with E-state index in [0.29, 0.717) is 6.04 Å². The summed E-state index contributed by atoms with van der Waals surface area (Å²) >= 11 is 1.88. The van der Waals surface area contributed by atoms with Gasteiger partial charge in [-0.15, -0.1) is 11.8 Å². The van der Waals surface area contributed by atoms with Crippen molar-refractivity contribution in [1.82, 2.24) is 0 Å². The smallest absolute Gasteiger partial charge is 0.0162 e. The lowest BCUT2D eigenvalue weighted by molar-refractivity contribution is 0.276. The van der Waals surface area contributed by atoms with Crippen molar-refractivity contribution < 1.29 is 0 Å². The van der Waals surface area contributed by atoms with Gasteiger partial charge in [0, 0.05) is 16.7 Å².